The first kappa shape index (κ1) is 19.6. The summed E-state index contributed by atoms with van der Waals surface area (Å²) in [6.07, 6.45) is 0.293. The number of anilines is 1. The molecule has 2 amide bonds. The highest BCUT2D eigenvalue weighted by molar-refractivity contribution is 6.30. The van der Waals surface area contributed by atoms with Gasteiger partial charge >= 0.3 is 0 Å². The van der Waals surface area contributed by atoms with Crippen LogP contribution in [0.1, 0.15) is 15.9 Å². The topological polar surface area (TPSA) is 58.2 Å². The van der Waals surface area contributed by atoms with Crippen LogP contribution in [-0.4, -0.2) is 17.9 Å². The van der Waals surface area contributed by atoms with Crippen LogP contribution in [0.5, 0.6) is 0 Å². The number of hydrogen-bond donors (Lipinski definition) is 2. The molecule has 2 N–H and O–H groups in total. The maximum atomic E-state index is 13.4. The number of hydrogen-bond acceptors (Lipinski definition) is 2. The molecule has 0 radical (unpaired) electrons. The van der Waals surface area contributed by atoms with Gasteiger partial charge in [-0.25, -0.2) is 4.39 Å². The molecule has 4 nitrogen and oxygen atoms in total. The molecule has 0 bridgehead atoms. The highest BCUT2D eigenvalue weighted by Gasteiger charge is 2.22. The average Bonchev–Trinajstić information content (AvgIpc) is 2.68. The second-order valence-corrected chi connectivity index (χ2v) is 6.66. The molecular formula is C22H18ClFN2O2. The molecule has 0 heterocycles. The van der Waals surface area contributed by atoms with E-state index in [4.69, 9.17) is 11.6 Å². The second kappa shape index (κ2) is 9.15. The summed E-state index contributed by atoms with van der Waals surface area (Å²) >= 11 is 5.86. The molecular weight excluding hydrogens is 379 g/mol. The molecule has 142 valence electrons. The van der Waals surface area contributed by atoms with E-state index in [9.17, 15) is 14.0 Å². The number of benzene rings is 3. The van der Waals surface area contributed by atoms with Gasteiger partial charge in [0.15, 0.2) is 0 Å². The minimum Gasteiger partial charge on any atom is -0.340 e. The van der Waals surface area contributed by atoms with Gasteiger partial charge in [0, 0.05) is 22.7 Å². The fraction of sp³-hybridized carbons (Fsp3) is 0.0909. The minimum atomic E-state index is -0.839. The summed E-state index contributed by atoms with van der Waals surface area (Å²) in [5.41, 5.74) is 1.60. The van der Waals surface area contributed by atoms with E-state index in [2.05, 4.69) is 10.6 Å². The van der Waals surface area contributed by atoms with Crippen LogP contribution in [-0.2, 0) is 11.2 Å². The largest absolute Gasteiger partial charge is 0.340 e. The molecule has 0 saturated heterocycles. The van der Waals surface area contributed by atoms with Crippen molar-refractivity contribution in [3.8, 4) is 0 Å². The number of carbonyl (C=O) groups is 2. The first-order valence-electron chi connectivity index (χ1n) is 8.68. The lowest BCUT2D eigenvalue weighted by Crippen LogP contribution is -2.45. The Morgan fingerprint density at radius 3 is 2.32 bits per heavy atom. The van der Waals surface area contributed by atoms with Crippen LogP contribution >= 0.6 is 11.6 Å². The van der Waals surface area contributed by atoms with Crippen LogP contribution in [0.4, 0.5) is 10.1 Å². The van der Waals surface area contributed by atoms with Gasteiger partial charge in [-0.1, -0.05) is 48.0 Å². The van der Waals surface area contributed by atoms with Crippen molar-refractivity contribution >= 4 is 29.1 Å². The van der Waals surface area contributed by atoms with E-state index in [0.717, 1.165) is 5.56 Å². The molecule has 0 aliphatic rings. The minimum absolute atomic E-state index is 0.293. The van der Waals surface area contributed by atoms with Crippen molar-refractivity contribution < 1.29 is 14.0 Å². The molecule has 0 unspecified atom stereocenters. The Labute approximate surface area is 167 Å². The van der Waals surface area contributed by atoms with Crippen LogP contribution < -0.4 is 10.6 Å². The predicted octanol–water partition coefficient (Wildman–Crippen LogP) is 4.46. The van der Waals surface area contributed by atoms with Gasteiger partial charge in [0.25, 0.3) is 5.91 Å². The van der Waals surface area contributed by atoms with Crippen LogP contribution in [0.2, 0.25) is 5.02 Å². The third-order valence-electron chi connectivity index (χ3n) is 4.10. The van der Waals surface area contributed by atoms with Crippen molar-refractivity contribution in [2.24, 2.45) is 0 Å². The molecule has 28 heavy (non-hydrogen) atoms. The van der Waals surface area contributed by atoms with E-state index in [1.165, 1.54) is 18.2 Å². The predicted molar refractivity (Wildman–Crippen MR) is 108 cm³/mol. The van der Waals surface area contributed by atoms with Crippen molar-refractivity contribution in [2.45, 2.75) is 12.5 Å². The van der Waals surface area contributed by atoms with Gasteiger partial charge in [-0.2, -0.15) is 0 Å². The van der Waals surface area contributed by atoms with Gasteiger partial charge in [0.05, 0.1) is 0 Å². The van der Waals surface area contributed by atoms with Gasteiger partial charge in [0.1, 0.15) is 11.9 Å². The summed E-state index contributed by atoms with van der Waals surface area (Å²) < 4.78 is 13.4. The van der Waals surface area contributed by atoms with Crippen molar-refractivity contribution in [2.75, 3.05) is 5.32 Å². The van der Waals surface area contributed by atoms with Crippen molar-refractivity contribution in [3.63, 3.8) is 0 Å². The molecule has 0 spiro atoms. The molecule has 3 aromatic carbocycles. The monoisotopic (exact) mass is 396 g/mol. The first-order chi connectivity index (χ1) is 13.5. The molecule has 3 rings (SSSR count). The normalized spacial score (nSPS) is 11.5. The third-order valence-corrected chi connectivity index (χ3v) is 4.36. The second-order valence-electron chi connectivity index (χ2n) is 6.22. The van der Waals surface area contributed by atoms with E-state index >= 15 is 0 Å². The number of amides is 2. The molecule has 0 aromatic heterocycles. The van der Waals surface area contributed by atoms with Gasteiger partial charge in [-0.15, -0.1) is 0 Å². The van der Waals surface area contributed by atoms with Gasteiger partial charge < -0.3 is 10.6 Å². The van der Waals surface area contributed by atoms with Gasteiger partial charge in [0.2, 0.25) is 5.91 Å². The van der Waals surface area contributed by atoms with Crippen LogP contribution in [0, 0.1) is 5.82 Å². The molecule has 1 atom stereocenters. The quantitative estimate of drug-likeness (QED) is 0.646. The zero-order valence-corrected chi connectivity index (χ0v) is 15.6. The first-order valence-corrected chi connectivity index (χ1v) is 9.06. The van der Waals surface area contributed by atoms with Gasteiger partial charge in [-0.3, -0.25) is 9.59 Å². The lowest BCUT2D eigenvalue weighted by atomic mass is 10.0. The Morgan fingerprint density at radius 2 is 1.64 bits per heavy atom. The summed E-state index contributed by atoms with van der Waals surface area (Å²) in [4.78, 5) is 25.4. The smallest absolute Gasteiger partial charge is 0.251 e. The Hall–Kier alpha value is -3.18. The Kier molecular flexibility index (Phi) is 6.40. The number of carbonyl (C=O) groups excluding carboxylic acids is 2. The number of nitrogens with one attached hydrogen (secondary N) is 2. The maximum Gasteiger partial charge on any atom is 0.251 e. The molecule has 0 saturated carbocycles. The van der Waals surface area contributed by atoms with E-state index < -0.39 is 23.7 Å². The van der Waals surface area contributed by atoms with Crippen molar-refractivity contribution in [1.82, 2.24) is 5.32 Å². The average molecular weight is 397 g/mol. The lowest BCUT2D eigenvalue weighted by Gasteiger charge is -2.19. The molecule has 0 aliphatic carbocycles. The van der Waals surface area contributed by atoms with Crippen LogP contribution in [0.3, 0.4) is 0 Å². The fourth-order valence-corrected chi connectivity index (χ4v) is 2.82. The van der Waals surface area contributed by atoms with Crippen LogP contribution in [0.25, 0.3) is 0 Å². The Balaban J connectivity index is 1.78. The highest BCUT2D eigenvalue weighted by Crippen LogP contribution is 2.13. The SMILES string of the molecule is O=C(N[C@H](Cc1ccccc1)C(=O)Nc1cccc(F)c1)c1ccc(Cl)cc1. The van der Waals surface area contributed by atoms with E-state index in [1.54, 1.807) is 30.3 Å². The van der Waals surface area contributed by atoms with E-state index in [0.29, 0.717) is 22.7 Å². The molecule has 3 aromatic rings. The standard InChI is InChI=1S/C22H18ClFN2O2/c23-17-11-9-16(10-12-17)21(27)26-20(13-15-5-2-1-3-6-15)22(28)25-19-8-4-7-18(24)14-19/h1-12,14,20H,13H2,(H,25,28)(H,26,27)/t20-/m1/s1. The van der Waals surface area contributed by atoms with Crippen molar-refractivity contribution in [1.29, 1.82) is 0 Å². The summed E-state index contributed by atoms with van der Waals surface area (Å²) in [6, 6.07) is 20.5. The zero-order valence-electron chi connectivity index (χ0n) is 14.9. The number of rotatable bonds is 6. The fourth-order valence-electron chi connectivity index (χ4n) is 2.70. The summed E-state index contributed by atoms with van der Waals surface area (Å²) in [5.74, 6) is -1.29. The van der Waals surface area contributed by atoms with Gasteiger partial charge in [-0.05, 0) is 48.0 Å². The molecule has 6 heteroatoms. The summed E-state index contributed by atoms with van der Waals surface area (Å²) in [7, 11) is 0. The summed E-state index contributed by atoms with van der Waals surface area (Å²) in [5, 5.41) is 5.92. The lowest BCUT2D eigenvalue weighted by molar-refractivity contribution is -0.118. The zero-order chi connectivity index (χ0) is 19.9. The maximum absolute atomic E-state index is 13.4. The third kappa shape index (κ3) is 5.41. The van der Waals surface area contributed by atoms with E-state index in [-0.39, 0.29) is 0 Å². The van der Waals surface area contributed by atoms with Crippen molar-refractivity contribution in [3.05, 3.63) is 101 Å². The Morgan fingerprint density at radius 1 is 0.929 bits per heavy atom. The number of halogens is 2. The molecule has 0 fully saturated rings. The summed E-state index contributed by atoms with van der Waals surface area (Å²) in [6.45, 7) is 0. The molecule has 0 aliphatic heterocycles. The highest BCUT2D eigenvalue weighted by atomic mass is 35.5. The Bertz CT molecular complexity index is 962. The van der Waals surface area contributed by atoms with E-state index in [1.807, 2.05) is 30.3 Å². The van der Waals surface area contributed by atoms with Crippen LogP contribution in [0.15, 0.2) is 78.9 Å².